The predicted octanol–water partition coefficient (Wildman–Crippen LogP) is -5.74. The van der Waals surface area contributed by atoms with Crippen molar-refractivity contribution in [3.8, 4) is 0 Å². The maximum atomic E-state index is 10.2. The normalized spacial score (nSPS) is 28.3. The van der Waals surface area contributed by atoms with Gasteiger partial charge in [-0.05, 0) is 0 Å². The lowest BCUT2D eigenvalue weighted by Gasteiger charge is -2.39. The highest BCUT2D eigenvalue weighted by atomic mass is 16.6. The van der Waals surface area contributed by atoms with Gasteiger partial charge in [-0.3, -0.25) is 9.80 Å². The Bertz CT molecular complexity index is 1400. The minimum absolute atomic E-state index is 0.139. The number of aliphatic hydroxyl groups excluding tert-OH is 8. The second-order valence-corrected chi connectivity index (χ2v) is 15.3. The highest BCUT2D eigenvalue weighted by molar-refractivity contribution is 4.96. The first kappa shape index (κ1) is 52.4. The first-order chi connectivity index (χ1) is 31.2. The number of rotatable bonds is 32. The first-order valence-corrected chi connectivity index (χ1v) is 21.7. The van der Waals surface area contributed by atoms with Crippen molar-refractivity contribution in [3.05, 3.63) is 23.8 Å². The Kier molecular flexibility index (Phi) is 24.0. The van der Waals surface area contributed by atoms with Gasteiger partial charge in [-0.2, -0.15) is 0 Å². The number of nitrogens with zero attached hydrogens (tertiary/aromatic N) is 8. The smallest absolute Gasteiger partial charge is 0.180 e. The second-order valence-electron chi connectivity index (χ2n) is 15.3. The number of piperazine rings is 1. The molecule has 5 rings (SSSR count). The maximum Gasteiger partial charge on any atom is 0.180 e. The summed E-state index contributed by atoms with van der Waals surface area (Å²) in [6.45, 7) is 11.1. The Morgan fingerprint density at radius 3 is 1.08 bits per heavy atom. The van der Waals surface area contributed by atoms with Crippen LogP contribution in [0.3, 0.4) is 0 Å². The summed E-state index contributed by atoms with van der Waals surface area (Å²) in [7, 11) is 0. The van der Waals surface area contributed by atoms with Crippen molar-refractivity contribution in [2.24, 2.45) is 0 Å². The molecule has 2 aromatic heterocycles. The number of aliphatic hydroxyl groups is 8. The quantitative estimate of drug-likeness (QED) is 0.0317. The molecule has 0 saturated carbocycles. The van der Waals surface area contributed by atoms with Crippen LogP contribution in [0.25, 0.3) is 0 Å². The Morgan fingerprint density at radius 2 is 0.750 bits per heavy atom. The minimum atomic E-state index is -1.51. The molecule has 8 N–H and O–H groups in total. The van der Waals surface area contributed by atoms with Crippen LogP contribution in [0.15, 0.2) is 12.4 Å². The summed E-state index contributed by atoms with van der Waals surface area (Å²) in [5.74, 6) is 0. The van der Waals surface area contributed by atoms with E-state index in [1.807, 2.05) is 0 Å². The van der Waals surface area contributed by atoms with Gasteiger partial charge in [-0.25, -0.2) is 9.36 Å². The third-order valence-electron chi connectivity index (χ3n) is 10.7. The van der Waals surface area contributed by atoms with Crippen LogP contribution in [0.5, 0.6) is 0 Å². The van der Waals surface area contributed by atoms with Gasteiger partial charge in [-0.1, -0.05) is 10.4 Å². The molecular formula is C38H68N8O18. The molecule has 5 heterocycles. The predicted molar refractivity (Wildman–Crippen MR) is 215 cm³/mol. The lowest BCUT2D eigenvalue weighted by molar-refractivity contribution is -0.254. The van der Waals surface area contributed by atoms with E-state index in [2.05, 4.69) is 30.4 Å². The lowest BCUT2D eigenvalue weighted by atomic mass is 9.98. The van der Waals surface area contributed by atoms with Gasteiger partial charge in [0.15, 0.2) is 12.5 Å². The third-order valence-corrected chi connectivity index (χ3v) is 10.7. The van der Waals surface area contributed by atoms with Gasteiger partial charge in [0.25, 0.3) is 0 Å². The van der Waals surface area contributed by atoms with Crippen molar-refractivity contribution in [2.45, 2.75) is 74.5 Å². The van der Waals surface area contributed by atoms with Crippen molar-refractivity contribution in [3.63, 3.8) is 0 Å². The zero-order chi connectivity index (χ0) is 45.5. The number of hydrogen-bond donors (Lipinski definition) is 8. The summed E-state index contributed by atoms with van der Waals surface area (Å²) < 4.78 is 58.2. The minimum Gasteiger partial charge on any atom is -0.394 e. The van der Waals surface area contributed by atoms with Gasteiger partial charge >= 0.3 is 0 Å². The highest BCUT2D eigenvalue weighted by Gasteiger charge is 2.46. The van der Waals surface area contributed by atoms with Crippen LogP contribution in [0.2, 0.25) is 0 Å². The molecule has 0 radical (unpaired) electrons. The van der Waals surface area contributed by atoms with Crippen LogP contribution in [0.4, 0.5) is 0 Å². The van der Waals surface area contributed by atoms with Crippen LogP contribution >= 0.6 is 0 Å². The van der Waals surface area contributed by atoms with Gasteiger partial charge in [-0.15, -0.1) is 10.2 Å². The third kappa shape index (κ3) is 17.0. The number of hydrogen-bond acceptors (Lipinski definition) is 24. The van der Waals surface area contributed by atoms with Crippen LogP contribution in [-0.4, -0.2) is 274 Å². The average Bonchev–Trinajstić information content (AvgIpc) is 3.99. The van der Waals surface area contributed by atoms with Crippen LogP contribution in [-0.2, 0) is 60.6 Å². The molecule has 368 valence electrons. The molecule has 3 aliphatic heterocycles. The van der Waals surface area contributed by atoms with Gasteiger partial charge < -0.3 is 88.2 Å². The van der Waals surface area contributed by atoms with E-state index in [1.165, 1.54) is 21.8 Å². The Labute approximate surface area is 370 Å². The zero-order valence-electron chi connectivity index (χ0n) is 36.1. The fourth-order valence-electron chi connectivity index (χ4n) is 6.91. The summed E-state index contributed by atoms with van der Waals surface area (Å²) in [6, 6.07) is 0. The van der Waals surface area contributed by atoms with Crippen molar-refractivity contribution in [1.29, 1.82) is 0 Å². The molecule has 0 unspecified atom stereocenters. The molecule has 26 heteroatoms. The Morgan fingerprint density at radius 1 is 0.438 bits per heavy atom. The highest BCUT2D eigenvalue weighted by Crippen LogP contribution is 2.29. The maximum absolute atomic E-state index is 10.2. The molecule has 64 heavy (non-hydrogen) atoms. The molecule has 0 spiro atoms. The SMILES string of the molecule is OC[C@H]1O[C@@H](n2cc(COCCOCCOCCOCCN3CCN(CCOCCOCCOCCOCc4cn([C@@H]5O[C@H](CO)[C@H](O)[C@H](O)[C@H]5O)nn4)CC3)nn2)[C@H](O)[C@@H](O)[C@H]1O. The monoisotopic (exact) mass is 924 g/mol. The van der Waals surface area contributed by atoms with E-state index < -0.39 is 74.5 Å². The van der Waals surface area contributed by atoms with Crippen LogP contribution < -0.4 is 0 Å². The standard InChI is InChI=1S/C38H68N8O18/c47-23-29-31(49)33(51)35(53)37(63-29)45-21-27(39-41-45)25-61-19-17-59-15-13-57-11-9-55-7-5-43-1-2-44(4-3-43)6-8-56-10-12-58-14-16-60-18-20-62-26-28-22-46(42-40-28)38-36(54)34(52)32(50)30(24-48)64-38/h21-22,29-38,47-54H,1-20,23-26H2/t29-,30-,31+,32+,33+,34+,35-,36-,37-,38-/m1/s1. The van der Waals surface area contributed by atoms with Gasteiger partial charge in [0.2, 0.25) is 0 Å². The van der Waals surface area contributed by atoms with E-state index in [0.717, 1.165) is 39.3 Å². The topological polar surface area (TPSA) is 322 Å². The zero-order valence-corrected chi connectivity index (χ0v) is 36.1. The molecule has 3 aliphatic rings. The Balaban J connectivity index is 0.734. The lowest BCUT2D eigenvalue weighted by Crippen LogP contribution is -2.56. The molecular weight excluding hydrogens is 856 g/mol. The van der Waals surface area contributed by atoms with E-state index >= 15 is 0 Å². The van der Waals surface area contributed by atoms with Crippen LogP contribution in [0.1, 0.15) is 23.8 Å². The second kappa shape index (κ2) is 29.3. The molecule has 26 nitrogen and oxygen atoms in total. The summed E-state index contributed by atoms with van der Waals surface area (Å²) in [5, 5.41) is 94.8. The van der Waals surface area contributed by atoms with E-state index in [4.69, 9.17) is 47.4 Å². The fourth-order valence-corrected chi connectivity index (χ4v) is 6.91. The molecule has 2 aromatic rings. The Hall–Kier alpha value is -2.52. The van der Waals surface area contributed by atoms with Gasteiger partial charge in [0.1, 0.15) is 60.2 Å². The van der Waals surface area contributed by atoms with E-state index in [1.54, 1.807) is 0 Å². The van der Waals surface area contributed by atoms with E-state index in [-0.39, 0.29) is 13.2 Å². The molecule has 3 saturated heterocycles. The number of aromatic nitrogens is 6. The van der Waals surface area contributed by atoms with Crippen molar-refractivity contribution in [2.75, 3.05) is 145 Å². The summed E-state index contributed by atoms with van der Waals surface area (Å²) in [6.07, 6.45) is -10.1. The first-order valence-electron chi connectivity index (χ1n) is 21.7. The molecule has 3 fully saturated rings. The van der Waals surface area contributed by atoms with Crippen molar-refractivity contribution in [1.82, 2.24) is 39.8 Å². The van der Waals surface area contributed by atoms with Crippen molar-refractivity contribution < 1.29 is 88.2 Å². The van der Waals surface area contributed by atoms with Gasteiger partial charge in [0, 0.05) is 39.3 Å². The van der Waals surface area contributed by atoms with Gasteiger partial charge in [0.05, 0.1) is 131 Å². The van der Waals surface area contributed by atoms with Crippen molar-refractivity contribution >= 4 is 0 Å². The largest absolute Gasteiger partial charge is 0.394 e. The molecule has 0 bridgehead atoms. The number of ether oxygens (including phenoxy) is 10. The molecule has 10 atom stereocenters. The summed E-state index contributed by atoms with van der Waals surface area (Å²) >= 11 is 0. The van der Waals surface area contributed by atoms with E-state index in [9.17, 15) is 40.9 Å². The molecule has 0 aliphatic carbocycles. The van der Waals surface area contributed by atoms with E-state index in [0.29, 0.717) is 104 Å². The summed E-state index contributed by atoms with van der Waals surface area (Å²) in [5.41, 5.74) is 0.931. The molecule has 0 amide bonds. The molecule has 0 aromatic carbocycles. The fraction of sp³-hybridized carbons (Fsp3) is 0.895. The summed E-state index contributed by atoms with van der Waals surface area (Å²) in [4.78, 5) is 4.78. The average molecular weight is 925 g/mol. The van der Waals surface area contributed by atoms with Crippen LogP contribution in [0, 0.1) is 0 Å².